The number of hydroxylamine groups is 2. The molecule has 0 bridgehead atoms. The molecule has 10 nitrogen and oxygen atoms in total. The summed E-state index contributed by atoms with van der Waals surface area (Å²) < 4.78 is 5.43. The molecule has 1 saturated carbocycles. The van der Waals surface area contributed by atoms with Crippen LogP contribution in [-0.2, 0) is 37.2 Å². The molecule has 1 heterocycles. The fourth-order valence-electron chi connectivity index (χ4n) is 5.28. The molecule has 1 N–H and O–H groups in total. The van der Waals surface area contributed by atoms with Gasteiger partial charge in [-0.25, -0.2) is 24.7 Å². The molecule has 208 valence electrons. The lowest BCUT2D eigenvalue weighted by molar-refractivity contribution is -0.186. The average molecular weight is 538 g/mol. The number of carboxylic acid groups (broad SMARTS) is 1. The van der Waals surface area contributed by atoms with Gasteiger partial charge < -0.3 is 9.84 Å². The number of carbonyl (C=O) groups is 4. The molecular weight excluding hydrogens is 502 g/mol. The predicted molar refractivity (Wildman–Crippen MR) is 140 cm³/mol. The maximum atomic E-state index is 14.0. The average Bonchev–Trinajstić information content (AvgIpc) is 3.64. The Morgan fingerprint density at radius 1 is 0.949 bits per heavy atom. The van der Waals surface area contributed by atoms with E-state index in [0.29, 0.717) is 12.8 Å². The van der Waals surface area contributed by atoms with Crippen LogP contribution < -0.4 is 0 Å². The van der Waals surface area contributed by atoms with E-state index in [1.165, 1.54) is 0 Å². The van der Waals surface area contributed by atoms with Gasteiger partial charge in [-0.05, 0) is 23.5 Å². The normalized spacial score (nSPS) is 18.1. The van der Waals surface area contributed by atoms with Gasteiger partial charge in [0.2, 0.25) is 12.3 Å². The lowest BCUT2D eigenvalue weighted by Crippen LogP contribution is -2.54. The van der Waals surface area contributed by atoms with Crippen molar-refractivity contribution in [3.63, 3.8) is 0 Å². The molecule has 1 unspecified atom stereocenters. The molecule has 0 radical (unpaired) electrons. The summed E-state index contributed by atoms with van der Waals surface area (Å²) in [5, 5.41) is 13.1. The number of amides is 3. The molecular formula is C29H35N3O7. The van der Waals surface area contributed by atoms with E-state index in [0.717, 1.165) is 51.9 Å². The molecule has 4 rings (SSSR count). The maximum absolute atomic E-state index is 14.0. The quantitative estimate of drug-likeness (QED) is 0.321. The lowest BCUT2D eigenvalue weighted by Gasteiger charge is -2.34. The Morgan fingerprint density at radius 2 is 1.56 bits per heavy atom. The van der Waals surface area contributed by atoms with Crippen LogP contribution in [0.25, 0.3) is 0 Å². The smallest absolute Gasteiger partial charge is 0.429 e. The summed E-state index contributed by atoms with van der Waals surface area (Å²) in [5.41, 5.74) is 1.63. The zero-order valence-electron chi connectivity index (χ0n) is 21.9. The number of aliphatic carboxylic acids is 1. The van der Waals surface area contributed by atoms with Gasteiger partial charge in [0.15, 0.2) is 6.04 Å². The molecule has 2 aromatic carbocycles. The van der Waals surface area contributed by atoms with Crippen molar-refractivity contribution in [2.45, 2.75) is 57.8 Å². The second-order valence-corrected chi connectivity index (χ2v) is 10.0. The van der Waals surface area contributed by atoms with E-state index in [9.17, 15) is 24.3 Å². The predicted octanol–water partition coefficient (Wildman–Crippen LogP) is 4.01. The third-order valence-electron chi connectivity index (χ3n) is 7.30. The van der Waals surface area contributed by atoms with Crippen LogP contribution in [0.15, 0.2) is 60.7 Å². The van der Waals surface area contributed by atoms with Crippen LogP contribution in [0.2, 0.25) is 0 Å². The van der Waals surface area contributed by atoms with E-state index in [1.807, 2.05) is 48.5 Å². The molecule has 0 aromatic heterocycles. The van der Waals surface area contributed by atoms with Crippen molar-refractivity contribution in [3.8, 4) is 0 Å². The minimum absolute atomic E-state index is 0.00626. The number of ether oxygens (including phenoxy) is 1. The molecule has 2 aromatic rings. The van der Waals surface area contributed by atoms with Crippen LogP contribution in [0.4, 0.5) is 4.79 Å². The largest absolute Gasteiger partial charge is 0.480 e. The molecule has 2 fully saturated rings. The third kappa shape index (κ3) is 7.57. The molecule has 1 aliphatic carbocycles. The number of benzene rings is 2. The van der Waals surface area contributed by atoms with Gasteiger partial charge in [-0.2, -0.15) is 0 Å². The Bertz CT molecular complexity index is 1110. The summed E-state index contributed by atoms with van der Waals surface area (Å²) in [4.78, 5) is 56.7. The van der Waals surface area contributed by atoms with Crippen molar-refractivity contribution >= 4 is 24.4 Å². The number of nitrogens with zero attached hydrogens (tertiary/aromatic N) is 3. The SMILES string of the molecule is O=CN(C[C@@H](CC1CCCC1)C(=O)N1C(C(=O)O)CCN1C(=O)OCc1ccccc1)OCc1ccccc1. The second kappa shape index (κ2) is 13.7. The summed E-state index contributed by atoms with van der Waals surface area (Å²) in [6.07, 6.45) is 4.33. The Balaban J connectivity index is 1.50. The first-order valence-electron chi connectivity index (χ1n) is 13.4. The first-order valence-corrected chi connectivity index (χ1v) is 13.4. The maximum Gasteiger partial charge on any atom is 0.429 e. The molecule has 0 spiro atoms. The van der Waals surface area contributed by atoms with Gasteiger partial charge >= 0.3 is 12.1 Å². The Labute approximate surface area is 228 Å². The third-order valence-corrected chi connectivity index (χ3v) is 7.30. The van der Waals surface area contributed by atoms with Gasteiger partial charge in [-0.15, -0.1) is 0 Å². The highest BCUT2D eigenvalue weighted by Crippen LogP contribution is 2.33. The molecule has 2 atom stereocenters. The standard InChI is InChI=1S/C29H35N3O7/c33-21-30(39-20-24-13-5-2-6-14-24)18-25(17-22-9-7-8-10-22)27(34)32-26(28(35)36)15-16-31(32)29(37)38-19-23-11-3-1-4-12-23/h1-6,11-14,21-22,25-26H,7-10,15-20H2,(H,35,36)/t25-,26?/m1/s1. The van der Waals surface area contributed by atoms with Gasteiger partial charge in [-0.3, -0.25) is 14.4 Å². The van der Waals surface area contributed by atoms with E-state index in [4.69, 9.17) is 9.57 Å². The fraction of sp³-hybridized carbons (Fsp3) is 0.448. The molecule has 10 heteroatoms. The number of hydrogen-bond acceptors (Lipinski definition) is 6. The highest BCUT2D eigenvalue weighted by Gasteiger charge is 2.46. The molecule has 3 amide bonds. The number of hydrazine groups is 1. The van der Waals surface area contributed by atoms with Gasteiger partial charge in [0.05, 0.1) is 12.5 Å². The van der Waals surface area contributed by atoms with Gasteiger partial charge in [0.1, 0.15) is 13.2 Å². The van der Waals surface area contributed by atoms with Gasteiger partial charge in [-0.1, -0.05) is 86.3 Å². The van der Waals surface area contributed by atoms with E-state index in [2.05, 4.69) is 0 Å². The van der Waals surface area contributed by atoms with Crippen LogP contribution in [-0.4, -0.2) is 63.7 Å². The van der Waals surface area contributed by atoms with Crippen LogP contribution in [0.5, 0.6) is 0 Å². The van der Waals surface area contributed by atoms with E-state index >= 15 is 0 Å². The van der Waals surface area contributed by atoms with Crippen molar-refractivity contribution in [2.24, 2.45) is 11.8 Å². The van der Waals surface area contributed by atoms with Crippen molar-refractivity contribution in [1.29, 1.82) is 0 Å². The zero-order valence-corrected chi connectivity index (χ0v) is 21.9. The van der Waals surface area contributed by atoms with Gasteiger partial charge in [0, 0.05) is 13.0 Å². The van der Waals surface area contributed by atoms with Crippen LogP contribution >= 0.6 is 0 Å². The molecule has 1 aliphatic heterocycles. The summed E-state index contributed by atoms with van der Waals surface area (Å²) >= 11 is 0. The summed E-state index contributed by atoms with van der Waals surface area (Å²) in [6.45, 7) is 0.118. The molecule has 2 aliphatic rings. The topological polar surface area (TPSA) is 117 Å². The highest BCUT2D eigenvalue weighted by atomic mass is 16.7. The van der Waals surface area contributed by atoms with Crippen LogP contribution in [0, 0.1) is 11.8 Å². The number of carboxylic acids is 1. The van der Waals surface area contributed by atoms with Gasteiger partial charge in [0.25, 0.3) is 0 Å². The van der Waals surface area contributed by atoms with Crippen LogP contribution in [0.1, 0.15) is 49.7 Å². The zero-order chi connectivity index (χ0) is 27.6. The van der Waals surface area contributed by atoms with Crippen molar-refractivity contribution < 1.29 is 33.9 Å². The number of carbonyl (C=O) groups excluding carboxylic acids is 3. The summed E-state index contributed by atoms with van der Waals surface area (Å²) in [5.74, 6) is -2.21. The number of rotatable bonds is 12. The molecule has 1 saturated heterocycles. The Kier molecular flexibility index (Phi) is 9.91. The summed E-state index contributed by atoms with van der Waals surface area (Å²) in [7, 11) is 0. The first kappa shape index (κ1) is 28.1. The van der Waals surface area contributed by atoms with E-state index in [-0.39, 0.29) is 38.6 Å². The second-order valence-electron chi connectivity index (χ2n) is 10.0. The first-order chi connectivity index (χ1) is 19.0. The van der Waals surface area contributed by atoms with Crippen molar-refractivity contribution in [1.82, 2.24) is 15.1 Å². The van der Waals surface area contributed by atoms with E-state index in [1.54, 1.807) is 12.1 Å². The Morgan fingerprint density at radius 3 is 2.15 bits per heavy atom. The minimum atomic E-state index is -1.21. The van der Waals surface area contributed by atoms with Crippen molar-refractivity contribution in [3.05, 3.63) is 71.8 Å². The fourth-order valence-corrected chi connectivity index (χ4v) is 5.28. The number of hydrogen-bond donors (Lipinski definition) is 1. The molecule has 39 heavy (non-hydrogen) atoms. The summed E-state index contributed by atoms with van der Waals surface area (Å²) in [6, 6.07) is 17.2. The van der Waals surface area contributed by atoms with Crippen LogP contribution in [0.3, 0.4) is 0 Å². The van der Waals surface area contributed by atoms with Crippen molar-refractivity contribution in [2.75, 3.05) is 13.1 Å². The monoisotopic (exact) mass is 537 g/mol. The minimum Gasteiger partial charge on any atom is -0.480 e. The highest BCUT2D eigenvalue weighted by molar-refractivity contribution is 5.88. The van der Waals surface area contributed by atoms with E-state index < -0.39 is 29.9 Å². The Hall–Kier alpha value is -3.92. The lowest BCUT2D eigenvalue weighted by atomic mass is 9.92.